The fourth-order valence-corrected chi connectivity index (χ4v) is 6.07. The summed E-state index contributed by atoms with van der Waals surface area (Å²) in [6.07, 6.45) is 0. The molecule has 0 amide bonds. The maximum Gasteiger partial charge on any atom is 0.0415 e. The Hall–Kier alpha value is -3.10. The van der Waals surface area contributed by atoms with E-state index in [1.165, 1.54) is 53.8 Å². The third-order valence-electron chi connectivity index (χ3n) is 6.70. The number of hydrogen-bond acceptors (Lipinski definition) is 2. The van der Waals surface area contributed by atoms with E-state index in [9.17, 15) is 0 Å². The van der Waals surface area contributed by atoms with Gasteiger partial charge in [0, 0.05) is 44.0 Å². The molecule has 2 heteroatoms. The summed E-state index contributed by atoms with van der Waals surface area (Å²) in [5.41, 5.74) is 8.06. The van der Waals surface area contributed by atoms with Gasteiger partial charge in [0.15, 0.2) is 0 Å². The predicted octanol–water partition coefficient (Wildman–Crippen LogP) is 8.13. The van der Waals surface area contributed by atoms with Crippen LogP contribution in [-0.4, -0.2) is 7.05 Å². The van der Waals surface area contributed by atoms with Crippen molar-refractivity contribution in [3.8, 4) is 11.1 Å². The van der Waals surface area contributed by atoms with Gasteiger partial charge in [-0.05, 0) is 58.7 Å². The first-order chi connectivity index (χ1) is 14.5. The number of hydrogen-bond donors (Lipinski definition) is 0. The molecule has 5 aromatic rings. The van der Waals surface area contributed by atoms with E-state index in [1.54, 1.807) is 0 Å². The maximum atomic E-state index is 2.36. The molecule has 1 nitrogen and oxygen atoms in total. The summed E-state index contributed by atoms with van der Waals surface area (Å²) >= 11 is 1.87. The maximum absolute atomic E-state index is 2.36. The molecular formula is C28H23NS. The van der Waals surface area contributed by atoms with E-state index in [-0.39, 0.29) is 5.41 Å². The van der Waals surface area contributed by atoms with Crippen molar-refractivity contribution in [2.24, 2.45) is 0 Å². The number of nitrogens with zero attached hydrogens (tertiary/aromatic N) is 1. The number of benzene rings is 4. The van der Waals surface area contributed by atoms with Crippen molar-refractivity contribution in [1.29, 1.82) is 0 Å². The van der Waals surface area contributed by atoms with Crippen molar-refractivity contribution in [3.05, 3.63) is 96.1 Å². The van der Waals surface area contributed by atoms with Gasteiger partial charge in [0.05, 0.1) is 0 Å². The van der Waals surface area contributed by atoms with Crippen molar-refractivity contribution in [2.75, 3.05) is 11.9 Å². The highest BCUT2D eigenvalue weighted by Gasteiger charge is 2.35. The molecule has 0 bridgehead atoms. The molecule has 1 aromatic heterocycles. The Kier molecular flexibility index (Phi) is 3.66. The summed E-state index contributed by atoms with van der Waals surface area (Å²) in [5, 5.41) is 2.69. The molecule has 4 aromatic carbocycles. The van der Waals surface area contributed by atoms with Crippen LogP contribution in [0.2, 0.25) is 0 Å². The molecule has 1 heterocycles. The Morgan fingerprint density at radius 2 is 1.30 bits per heavy atom. The average Bonchev–Trinajstić information content (AvgIpc) is 3.26. The molecule has 1 aliphatic rings. The first-order valence-electron chi connectivity index (χ1n) is 10.4. The Bertz CT molecular complexity index is 1440. The van der Waals surface area contributed by atoms with Crippen LogP contribution in [0.3, 0.4) is 0 Å². The van der Waals surface area contributed by atoms with E-state index < -0.39 is 0 Å². The monoisotopic (exact) mass is 405 g/mol. The van der Waals surface area contributed by atoms with E-state index in [0.717, 1.165) is 0 Å². The number of anilines is 2. The zero-order valence-electron chi connectivity index (χ0n) is 17.4. The second-order valence-corrected chi connectivity index (χ2v) is 9.82. The molecule has 1 aliphatic carbocycles. The Labute approximate surface area is 181 Å². The van der Waals surface area contributed by atoms with E-state index >= 15 is 0 Å². The van der Waals surface area contributed by atoms with Crippen LogP contribution >= 0.6 is 11.3 Å². The largest absolute Gasteiger partial charge is 0.345 e. The Morgan fingerprint density at radius 3 is 2.20 bits per heavy atom. The van der Waals surface area contributed by atoms with Gasteiger partial charge in [0.1, 0.15) is 0 Å². The molecule has 0 N–H and O–H groups in total. The lowest BCUT2D eigenvalue weighted by atomic mass is 9.82. The summed E-state index contributed by atoms with van der Waals surface area (Å²) in [7, 11) is 2.17. The lowest BCUT2D eigenvalue weighted by Gasteiger charge is -2.23. The molecule has 0 spiro atoms. The minimum atomic E-state index is 0.0531. The number of thiophene rings is 1. The first-order valence-corrected chi connectivity index (χ1v) is 11.2. The van der Waals surface area contributed by atoms with Crippen molar-refractivity contribution in [3.63, 3.8) is 0 Å². The van der Waals surface area contributed by atoms with Gasteiger partial charge in [-0.3, -0.25) is 0 Å². The van der Waals surface area contributed by atoms with Gasteiger partial charge in [-0.25, -0.2) is 0 Å². The highest BCUT2D eigenvalue weighted by molar-refractivity contribution is 7.25. The van der Waals surface area contributed by atoms with Crippen LogP contribution in [0.25, 0.3) is 31.3 Å². The summed E-state index contributed by atoms with van der Waals surface area (Å²) in [4.78, 5) is 2.31. The zero-order valence-corrected chi connectivity index (χ0v) is 18.3. The molecule has 146 valence electrons. The van der Waals surface area contributed by atoms with E-state index in [2.05, 4.69) is 111 Å². The molecule has 0 aliphatic heterocycles. The summed E-state index contributed by atoms with van der Waals surface area (Å²) in [6.45, 7) is 4.66. The van der Waals surface area contributed by atoms with Crippen LogP contribution in [0.15, 0.2) is 84.9 Å². The highest BCUT2D eigenvalue weighted by atomic mass is 32.1. The minimum absolute atomic E-state index is 0.0531. The van der Waals surface area contributed by atoms with E-state index in [1.807, 2.05) is 11.3 Å². The first kappa shape index (κ1) is 17.7. The van der Waals surface area contributed by atoms with Gasteiger partial charge in [0.2, 0.25) is 0 Å². The average molecular weight is 406 g/mol. The van der Waals surface area contributed by atoms with Gasteiger partial charge in [-0.1, -0.05) is 62.4 Å². The van der Waals surface area contributed by atoms with E-state index in [4.69, 9.17) is 0 Å². The Balaban J connectivity index is 1.47. The quantitative estimate of drug-likeness (QED) is 0.286. The topological polar surface area (TPSA) is 3.24 Å². The molecule has 0 atom stereocenters. The Morgan fingerprint density at radius 1 is 0.633 bits per heavy atom. The van der Waals surface area contributed by atoms with Crippen LogP contribution in [0.4, 0.5) is 11.4 Å². The molecule has 30 heavy (non-hydrogen) atoms. The predicted molar refractivity (Wildman–Crippen MR) is 131 cm³/mol. The van der Waals surface area contributed by atoms with Crippen LogP contribution in [-0.2, 0) is 5.41 Å². The third kappa shape index (κ3) is 2.41. The van der Waals surface area contributed by atoms with E-state index in [0.29, 0.717) is 0 Å². The van der Waals surface area contributed by atoms with Gasteiger partial charge in [-0.15, -0.1) is 11.3 Å². The zero-order chi connectivity index (χ0) is 20.5. The van der Waals surface area contributed by atoms with Gasteiger partial charge in [-0.2, -0.15) is 0 Å². The lowest BCUT2D eigenvalue weighted by molar-refractivity contribution is 0.660. The number of fused-ring (bicyclic) bond motifs is 6. The summed E-state index contributed by atoms with van der Waals surface area (Å²) < 4.78 is 2.70. The van der Waals surface area contributed by atoms with Crippen LogP contribution < -0.4 is 4.90 Å². The van der Waals surface area contributed by atoms with Crippen LogP contribution in [0.1, 0.15) is 25.0 Å². The molecule has 0 radical (unpaired) electrons. The normalized spacial score (nSPS) is 14.1. The summed E-state index contributed by atoms with van der Waals surface area (Å²) in [6, 6.07) is 31.3. The molecule has 0 fully saturated rings. The molecule has 0 unspecified atom stereocenters. The van der Waals surface area contributed by atoms with Crippen LogP contribution in [0.5, 0.6) is 0 Å². The lowest BCUT2D eigenvalue weighted by Crippen LogP contribution is -2.15. The van der Waals surface area contributed by atoms with Crippen molar-refractivity contribution >= 4 is 42.9 Å². The third-order valence-corrected chi connectivity index (χ3v) is 7.85. The second kappa shape index (κ2) is 6.20. The smallest absolute Gasteiger partial charge is 0.0415 e. The molecular weight excluding hydrogens is 382 g/mol. The van der Waals surface area contributed by atoms with Gasteiger partial charge in [0.25, 0.3) is 0 Å². The second-order valence-electron chi connectivity index (χ2n) is 8.74. The number of rotatable bonds is 2. The minimum Gasteiger partial charge on any atom is -0.345 e. The molecule has 0 saturated carbocycles. The fourth-order valence-electron chi connectivity index (χ4n) is 4.99. The van der Waals surface area contributed by atoms with Crippen molar-refractivity contribution in [1.82, 2.24) is 0 Å². The fraction of sp³-hybridized carbons (Fsp3) is 0.143. The highest BCUT2D eigenvalue weighted by Crippen LogP contribution is 2.49. The van der Waals surface area contributed by atoms with Gasteiger partial charge < -0.3 is 4.90 Å². The SMILES string of the molecule is CN(c1ccc2c(c1)-c1ccccc1C2(C)C)c1ccc2sc3ccccc3c2c1. The molecule has 0 saturated heterocycles. The van der Waals surface area contributed by atoms with Crippen molar-refractivity contribution in [2.45, 2.75) is 19.3 Å². The standard InChI is InChI=1S/C28H23NS/c1-28(2)24-10-6-4-8-20(24)22-16-18(12-14-25(22)28)29(3)19-13-15-27-23(17-19)21-9-5-7-11-26(21)30-27/h4-17H,1-3H3. The van der Waals surface area contributed by atoms with Crippen molar-refractivity contribution < 1.29 is 0 Å². The summed E-state index contributed by atoms with van der Waals surface area (Å²) in [5.74, 6) is 0. The van der Waals surface area contributed by atoms with Crippen LogP contribution in [0, 0.1) is 0 Å². The van der Waals surface area contributed by atoms with Gasteiger partial charge >= 0.3 is 0 Å². The molecule has 6 rings (SSSR count).